The average molecular weight is 384 g/mol. The van der Waals surface area contributed by atoms with Gasteiger partial charge in [0, 0.05) is 11.1 Å². The Morgan fingerprint density at radius 1 is 0.731 bits per heavy atom. The smallest absolute Gasteiger partial charge is 0.289 e. The molecule has 2 aliphatic carbocycles. The minimum atomic E-state index is -5.34. The first kappa shape index (κ1) is 18.3. The fraction of sp³-hybridized carbons (Fsp3) is 0.188. The summed E-state index contributed by atoms with van der Waals surface area (Å²) in [6.45, 7) is 0. The van der Waals surface area contributed by atoms with E-state index < -0.39 is 57.7 Å². The van der Waals surface area contributed by atoms with E-state index in [0.29, 0.717) is 24.3 Å². The summed E-state index contributed by atoms with van der Waals surface area (Å²) in [6, 6.07) is 1.70. The minimum absolute atomic E-state index is 0.304. The molecule has 0 saturated carbocycles. The van der Waals surface area contributed by atoms with Gasteiger partial charge in [-0.2, -0.15) is 39.5 Å². The van der Waals surface area contributed by atoms with E-state index in [1.54, 1.807) is 0 Å². The van der Waals surface area contributed by atoms with Crippen molar-refractivity contribution in [1.29, 1.82) is 0 Å². The summed E-state index contributed by atoms with van der Waals surface area (Å²) < 4.78 is 117. The summed E-state index contributed by atoms with van der Waals surface area (Å²) >= 11 is 0. The van der Waals surface area contributed by atoms with Crippen LogP contribution in [0.3, 0.4) is 0 Å². The van der Waals surface area contributed by atoms with Crippen molar-refractivity contribution in [2.24, 2.45) is 0 Å². The first-order chi connectivity index (χ1) is 11.7. The number of Topliss-reactive ketones (excluding diaryl/α,β-unsaturated/α-hetero) is 1. The van der Waals surface area contributed by atoms with Crippen LogP contribution in [0.4, 0.5) is 39.5 Å². The molecule has 0 N–H and O–H groups in total. The van der Waals surface area contributed by atoms with Gasteiger partial charge >= 0.3 is 18.5 Å². The molecule has 2 aliphatic rings. The Morgan fingerprint density at radius 3 is 1.85 bits per heavy atom. The molecule has 0 atom stereocenters. The standard InChI is InChI=1S/C16H5F9O/c17-14(18,19)7-1-2-8-6(3-7)4-9-12(8)10(15(20,21)22)5-11(13(9)26)16(23,24)25/h1-5H. The Balaban J connectivity index is 2.30. The summed E-state index contributed by atoms with van der Waals surface area (Å²) in [5.74, 6) is -1.72. The van der Waals surface area contributed by atoms with E-state index in [-0.39, 0.29) is 11.6 Å². The van der Waals surface area contributed by atoms with E-state index in [1.165, 1.54) is 0 Å². The van der Waals surface area contributed by atoms with Crippen molar-refractivity contribution in [3.63, 3.8) is 0 Å². The molecule has 1 aromatic carbocycles. The second-order valence-electron chi connectivity index (χ2n) is 5.53. The van der Waals surface area contributed by atoms with Gasteiger partial charge in [-0.15, -0.1) is 0 Å². The zero-order valence-corrected chi connectivity index (χ0v) is 12.2. The number of rotatable bonds is 0. The fourth-order valence-electron chi connectivity index (χ4n) is 2.79. The van der Waals surface area contributed by atoms with Gasteiger partial charge in [-0.25, -0.2) is 0 Å². The topological polar surface area (TPSA) is 17.1 Å². The number of carbonyl (C=O) groups excluding carboxylic acids is 1. The van der Waals surface area contributed by atoms with E-state index in [2.05, 4.69) is 0 Å². The highest BCUT2D eigenvalue weighted by Crippen LogP contribution is 2.49. The van der Waals surface area contributed by atoms with Gasteiger partial charge in [0.25, 0.3) is 0 Å². The Bertz CT molecular complexity index is 905. The molecule has 26 heavy (non-hydrogen) atoms. The van der Waals surface area contributed by atoms with Crippen LogP contribution in [0.1, 0.15) is 16.7 Å². The van der Waals surface area contributed by atoms with Crippen LogP contribution >= 0.6 is 0 Å². The molecule has 138 valence electrons. The zero-order valence-electron chi connectivity index (χ0n) is 12.2. The second-order valence-corrected chi connectivity index (χ2v) is 5.53. The first-order valence-corrected chi connectivity index (χ1v) is 6.80. The molecule has 0 saturated heterocycles. The van der Waals surface area contributed by atoms with Crippen LogP contribution < -0.4 is 0 Å². The number of halogens is 9. The van der Waals surface area contributed by atoms with Crippen LogP contribution in [-0.2, 0) is 11.0 Å². The Hall–Kier alpha value is -2.52. The van der Waals surface area contributed by atoms with Crippen molar-refractivity contribution in [3.8, 4) is 0 Å². The number of fused-ring (bicyclic) bond motifs is 3. The molecule has 3 rings (SSSR count). The molecule has 0 amide bonds. The van der Waals surface area contributed by atoms with Gasteiger partial charge in [0.15, 0.2) is 5.78 Å². The van der Waals surface area contributed by atoms with E-state index in [9.17, 15) is 44.3 Å². The lowest BCUT2D eigenvalue weighted by Crippen LogP contribution is -2.27. The van der Waals surface area contributed by atoms with Crippen LogP contribution in [0, 0.1) is 0 Å². The second kappa shape index (κ2) is 5.24. The summed E-state index contributed by atoms with van der Waals surface area (Å²) in [5, 5.41) is 0. The van der Waals surface area contributed by atoms with Crippen molar-refractivity contribution in [2.75, 3.05) is 0 Å². The Labute approximate surface area is 139 Å². The van der Waals surface area contributed by atoms with Gasteiger partial charge in [-0.1, -0.05) is 6.07 Å². The summed E-state index contributed by atoms with van der Waals surface area (Å²) in [7, 11) is 0. The molecule has 0 aliphatic heterocycles. The maximum Gasteiger partial charge on any atom is 0.420 e. The molecular weight excluding hydrogens is 379 g/mol. The fourth-order valence-corrected chi connectivity index (χ4v) is 2.79. The van der Waals surface area contributed by atoms with Gasteiger partial charge in [0.1, 0.15) is 5.57 Å². The summed E-state index contributed by atoms with van der Waals surface area (Å²) in [5.41, 5.74) is -7.51. The Kier molecular flexibility index (Phi) is 3.69. The van der Waals surface area contributed by atoms with Crippen LogP contribution in [0.15, 0.2) is 41.0 Å². The molecule has 0 radical (unpaired) electrons. The van der Waals surface area contributed by atoms with Crippen molar-refractivity contribution in [3.05, 3.63) is 57.7 Å². The van der Waals surface area contributed by atoms with Gasteiger partial charge in [0.2, 0.25) is 0 Å². The number of alkyl halides is 9. The quantitative estimate of drug-likeness (QED) is 0.541. The average Bonchev–Trinajstić information content (AvgIpc) is 2.83. The molecule has 0 bridgehead atoms. The van der Waals surface area contributed by atoms with E-state index in [4.69, 9.17) is 0 Å². The van der Waals surface area contributed by atoms with Crippen molar-refractivity contribution < 1.29 is 44.3 Å². The molecule has 0 heterocycles. The molecule has 10 heteroatoms. The largest absolute Gasteiger partial charge is 0.420 e. The van der Waals surface area contributed by atoms with Gasteiger partial charge in [-0.3, -0.25) is 4.79 Å². The molecule has 0 aromatic heterocycles. The number of ketones is 1. The minimum Gasteiger partial charge on any atom is -0.289 e. The molecular formula is C16H5F9O. The third kappa shape index (κ3) is 2.82. The maximum atomic E-state index is 13.2. The number of benzene rings is 1. The van der Waals surface area contributed by atoms with E-state index in [1.807, 2.05) is 0 Å². The number of hydrogen-bond acceptors (Lipinski definition) is 1. The normalized spacial score (nSPS) is 17.8. The highest BCUT2D eigenvalue weighted by atomic mass is 19.4. The lowest BCUT2D eigenvalue weighted by Gasteiger charge is -2.22. The number of carbonyl (C=O) groups is 1. The first-order valence-electron chi connectivity index (χ1n) is 6.80. The number of allylic oxidation sites excluding steroid dienone is 5. The van der Waals surface area contributed by atoms with E-state index in [0.717, 1.165) is 0 Å². The summed E-state index contributed by atoms with van der Waals surface area (Å²) in [4.78, 5) is 12.0. The molecule has 0 spiro atoms. The van der Waals surface area contributed by atoms with Crippen LogP contribution in [0.2, 0.25) is 0 Å². The SMILES string of the molecule is O=C1C2=Cc3cc(C(F)(F)F)ccc3C2=C(C(F)(F)F)C=C1C(F)(F)F. The lowest BCUT2D eigenvalue weighted by atomic mass is 9.85. The van der Waals surface area contributed by atoms with Gasteiger partial charge in [0.05, 0.1) is 11.1 Å². The maximum absolute atomic E-state index is 13.2. The molecule has 1 nitrogen and oxygen atoms in total. The van der Waals surface area contributed by atoms with Gasteiger partial charge in [-0.05, 0) is 35.4 Å². The highest BCUT2D eigenvalue weighted by Gasteiger charge is 2.49. The molecule has 1 aromatic rings. The highest BCUT2D eigenvalue weighted by molar-refractivity contribution is 6.27. The van der Waals surface area contributed by atoms with Crippen molar-refractivity contribution in [2.45, 2.75) is 18.5 Å². The zero-order chi connectivity index (χ0) is 19.7. The predicted molar refractivity (Wildman–Crippen MR) is 71.5 cm³/mol. The van der Waals surface area contributed by atoms with E-state index >= 15 is 0 Å². The number of hydrogen-bond donors (Lipinski definition) is 0. The van der Waals surface area contributed by atoms with Gasteiger partial charge < -0.3 is 0 Å². The predicted octanol–water partition coefficient (Wildman–Crippen LogP) is 5.49. The third-order valence-corrected chi connectivity index (χ3v) is 3.88. The van der Waals surface area contributed by atoms with Crippen molar-refractivity contribution >= 4 is 17.4 Å². The lowest BCUT2D eigenvalue weighted by molar-refractivity contribution is -0.137. The summed E-state index contributed by atoms with van der Waals surface area (Å²) in [6.07, 6.45) is -15.1. The molecule has 0 unspecified atom stereocenters. The monoisotopic (exact) mass is 384 g/mol. The van der Waals surface area contributed by atoms with Crippen LogP contribution in [0.5, 0.6) is 0 Å². The van der Waals surface area contributed by atoms with Crippen molar-refractivity contribution in [1.82, 2.24) is 0 Å². The Morgan fingerprint density at radius 2 is 1.35 bits per heavy atom. The van der Waals surface area contributed by atoms with Crippen LogP contribution in [0.25, 0.3) is 11.6 Å². The van der Waals surface area contributed by atoms with Crippen LogP contribution in [-0.4, -0.2) is 18.1 Å². The molecule has 0 fully saturated rings. The third-order valence-electron chi connectivity index (χ3n) is 3.88.